The minimum Gasteiger partial charge on any atom is -0.478 e. The van der Waals surface area contributed by atoms with Gasteiger partial charge in [0.2, 0.25) is 0 Å². The van der Waals surface area contributed by atoms with Crippen molar-refractivity contribution in [1.29, 1.82) is 0 Å². The number of carboxylic acids is 1. The molecule has 0 aliphatic rings. The first-order valence-electron chi connectivity index (χ1n) is 9.18. The first kappa shape index (κ1) is 18.3. The van der Waals surface area contributed by atoms with Gasteiger partial charge in [0.05, 0.1) is 21.6 Å². The Labute approximate surface area is 175 Å². The quantitative estimate of drug-likeness (QED) is 0.351. The van der Waals surface area contributed by atoms with E-state index in [0.717, 1.165) is 16.5 Å². The van der Waals surface area contributed by atoms with Crippen molar-refractivity contribution in [2.24, 2.45) is 0 Å². The molecule has 0 spiro atoms. The number of carbonyl (C=O) groups is 1. The van der Waals surface area contributed by atoms with Crippen LogP contribution in [-0.4, -0.2) is 21.0 Å². The van der Waals surface area contributed by atoms with E-state index in [0.29, 0.717) is 33.1 Å². The lowest BCUT2D eigenvalue weighted by atomic mass is 10.1. The molecule has 2 heterocycles. The average Bonchev–Trinajstić information content (AvgIpc) is 3.31. The van der Waals surface area contributed by atoms with Gasteiger partial charge in [0.15, 0.2) is 0 Å². The highest BCUT2D eigenvalue weighted by Gasteiger charge is 2.15. The van der Waals surface area contributed by atoms with Crippen molar-refractivity contribution in [3.05, 3.63) is 76.8 Å². The molecule has 3 aromatic carbocycles. The molecule has 0 aliphatic heterocycles. The third-order valence-corrected chi connectivity index (χ3v) is 5.21. The van der Waals surface area contributed by atoms with Crippen LogP contribution in [0.15, 0.2) is 65.1 Å². The summed E-state index contributed by atoms with van der Waals surface area (Å²) < 4.78 is 11.7. The second-order valence-corrected chi connectivity index (χ2v) is 7.33. The standard InChI is InChI=1S/C23H15ClN2O4/c1-12-6-7-14(9-15(12)22(27)28)29-23-25-18-10-16(17(24)11-19(18)26-23)21-8-13-4-2-3-5-20(13)30-21/h2-11H,1H3,(H,25,26)(H,27,28). The van der Waals surface area contributed by atoms with Gasteiger partial charge in [-0.3, -0.25) is 0 Å². The van der Waals surface area contributed by atoms with Gasteiger partial charge in [0.25, 0.3) is 6.01 Å². The lowest BCUT2D eigenvalue weighted by Crippen LogP contribution is -2.00. The predicted molar refractivity (Wildman–Crippen MR) is 115 cm³/mol. The zero-order valence-corrected chi connectivity index (χ0v) is 16.5. The number of aromatic nitrogens is 2. The van der Waals surface area contributed by atoms with E-state index in [4.69, 9.17) is 20.8 Å². The molecular weight excluding hydrogens is 404 g/mol. The summed E-state index contributed by atoms with van der Waals surface area (Å²) in [7, 11) is 0. The van der Waals surface area contributed by atoms with Crippen molar-refractivity contribution < 1.29 is 19.1 Å². The Balaban J connectivity index is 1.52. The summed E-state index contributed by atoms with van der Waals surface area (Å²) in [5, 5.41) is 10.8. The number of furan rings is 1. The number of fused-ring (bicyclic) bond motifs is 2. The number of benzene rings is 3. The molecule has 5 aromatic rings. The molecule has 6 nitrogen and oxygen atoms in total. The molecule has 7 heteroatoms. The fraction of sp³-hybridized carbons (Fsp3) is 0.0435. The number of para-hydroxylation sites is 1. The van der Waals surface area contributed by atoms with Gasteiger partial charge in [0, 0.05) is 10.9 Å². The Bertz CT molecular complexity index is 1400. The minimum atomic E-state index is -1.01. The SMILES string of the molecule is Cc1ccc(Oc2nc3cc(-c4cc5ccccc5o4)c(Cl)cc3[nH]2)cc1C(=O)O. The van der Waals surface area contributed by atoms with E-state index in [9.17, 15) is 9.90 Å². The summed E-state index contributed by atoms with van der Waals surface area (Å²) in [5.74, 6) is 0.0173. The first-order valence-corrected chi connectivity index (χ1v) is 9.56. The molecule has 0 unspecified atom stereocenters. The molecule has 5 rings (SSSR count). The number of carboxylic acid groups (broad SMARTS) is 1. The van der Waals surface area contributed by atoms with Crippen LogP contribution in [0.3, 0.4) is 0 Å². The molecule has 0 atom stereocenters. The molecule has 2 N–H and O–H groups in total. The normalized spacial score (nSPS) is 11.3. The largest absolute Gasteiger partial charge is 0.478 e. The Morgan fingerprint density at radius 1 is 1.13 bits per heavy atom. The summed E-state index contributed by atoms with van der Waals surface area (Å²) in [6.45, 7) is 1.73. The highest BCUT2D eigenvalue weighted by molar-refractivity contribution is 6.34. The third kappa shape index (κ3) is 3.17. The van der Waals surface area contributed by atoms with Crippen molar-refractivity contribution >= 4 is 39.6 Å². The number of aromatic carboxylic acids is 1. The maximum atomic E-state index is 11.3. The van der Waals surface area contributed by atoms with Crippen molar-refractivity contribution in [2.75, 3.05) is 0 Å². The molecule has 2 aromatic heterocycles. The van der Waals surface area contributed by atoms with Crippen molar-refractivity contribution in [1.82, 2.24) is 9.97 Å². The number of aromatic amines is 1. The Kier molecular flexibility index (Phi) is 4.22. The predicted octanol–water partition coefficient (Wildman–Crippen LogP) is 6.43. The number of imidazole rings is 1. The third-order valence-electron chi connectivity index (χ3n) is 4.89. The lowest BCUT2D eigenvalue weighted by molar-refractivity contribution is 0.0695. The van der Waals surface area contributed by atoms with Crippen LogP contribution < -0.4 is 4.74 Å². The number of H-pyrrole nitrogens is 1. The highest BCUT2D eigenvalue weighted by atomic mass is 35.5. The van der Waals surface area contributed by atoms with Crippen LogP contribution in [0, 0.1) is 6.92 Å². The monoisotopic (exact) mass is 418 g/mol. The number of nitrogens with zero attached hydrogens (tertiary/aromatic N) is 1. The van der Waals surface area contributed by atoms with Gasteiger partial charge < -0.3 is 19.2 Å². The molecule has 0 aliphatic carbocycles. The fourth-order valence-corrected chi connectivity index (χ4v) is 3.62. The number of hydrogen-bond acceptors (Lipinski definition) is 4. The van der Waals surface area contributed by atoms with Gasteiger partial charge >= 0.3 is 5.97 Å². The van der Waals surface area contributed by atoms with Crippen LogP contribution in [0.4, 0.5) is 0 Å². The van der Waals surface area contributed by atoms with Gasteiger partial charge in [-0.25, -0.2) is 4.79 Å². The molecule has 0 amide bonds. The molecule has 148 valence electrons. The maximum Gasteiger partial charge on any atom is 0.336 e. The Morgan fingerprint density at radius 2 is 1.97 bits per heavy atom. The molecule has 30 heavy (non-hydrogen) atoms. The van der Waals surface area contributed by atoms with Gasteiger partial charge in [-0.15, -0.1) is 0 Å². The van der Waals surface area contributed by atoms with E-state index in [2.05, 4.69) is 9.97 Å². The van der Waals surface area contributed by atoms with Gasteiger partial charge in [0.1, 0.15) is 17.1 Å². The van der Waals surface area contributed by atoms with Crippen molar-refractivity contribution in [3.63, 3.8) is 0 Å². The zero-order valence-electron chi connectivity index (χ0n) is 15.8. The van der Waals surface area contributed by atoms with Crippen molar-refractivity contribution in [3.8, 4) is 23.1 Å². The topological polar surface area (TPSA) is 88.4 Å². The van der Waals surface area contributed by atoms with Gasteiger partial charge in [-0.1, -0.05) is 35.9 Å². The second kappa shape index (κ2) is 6.93. The number of nitrogens with one attached hydrogen (secondary N) is 1. The summed E-state index contributed by atoms with van der Waals surface area (Å²) in [6.07, 6.45) is 0. The molecule has 0 saturated carbocycles. The maximum absolute atomic E-state index is 11.3. The number of ether oxygens (including phenoxy) is 1. The summed E-state index contributed by atoms with van der Waals surface area (Å²) in [6, 6.07) is 18.4. The number of aryl methyl sites for hydroxylation is 1. The van der Waals surface area contributed by atoms with E-state index in [1.807, 2.05) is 36.4 Å². The van der Waals surface area contributed by atoms with Crippen molar-refractivity contribution in [2.45, 2.75) is 6.92 Å². The minimum absolute atomic E-state index is 0.179. The Morgan fingerprint density at radius 3 is 2.77 bits per heavy atom. The van der Waals surface area contributed by atoms with E-state index in [1.165, 1.54) is 6.07 Å². The molecule has 0 saturated heterocycles. The van der Waals surface area contributed by atoms with Crippen LogP contribution >= 0.6 is 11.6 Å². The summed E-state index contributed by atoms with van der Waals surface area (Å²) in [4.78, 5) is 18.9. The summed E-state index contributed by atoms with van der Waals surface area (Å²) >= 11 is 6.49. The van der Waals surface area contributed by atoms with E-state index in [1.54, 1.807) is 25.1 Å². The van der Waals surface area contributed by atoms with Crippen LogP contribution in [0.5, 0.6) is 11.8 Å². The van der Waals surface area contributed by atoms with Crippen LogP contribution in [0.1, 0.15) is 15.9 Å². The number of rotatable bonds is 4. The molecule has 0 fully saturated rings. The van der Waals surface area contributed by atoms with E-state index >= 15 is 0 Å². The molecule has 0 bridgehead atoms. The smallest absolute Gasteiger partial charge is 0.336 e. The van der Waals surface area contributed by atoms with E-state index in [-0.39, 0.29) is 11.6 Å². The fourth-order valence-electron chi connectivity index (χ4n) is 3.37. The molecular formula is C23H15ClN2O4. The zero-order chi connectivity index (χ0) is 20.8. The number of hydrogen-bond donors (Lipinski definition) is 2. The first-order chi connectivity index (χ1) is 14.5. The summed E-state index contributed by atoms with van der Waals surface area (Å²) in [5.41, 5.74) is 3.68. The van der Waals surface area contributed by atoms with E-state index < -0.39 is 5.97 Å². The van der Waals surface area contributed by atoms with Crippen LogP contribution in [0.2, 0.25) is 5.02 Å². The second-order valence-electron chi connectivity index (χ2n) is 6.92. The van der Waals surface area contributed by atoms with Gasteiger partial charge in [-0.2, -0.15) is 4.98 Å². The van der Waals surface area contributed by atoms with Crippen LogP contribution in [0.25, 0.3) is 33.3 Å². The molecule has 0 radical (unpaired) electrons. The Hall–Kier alpha value is -3.77. The average molecular weight is 419 g/mol. The highest BCUT2D eigenvalue weighted by Crippen LogP contribution is 2.36. The van der Waals surface area contributed by atoms with Crippen LogP contribution in [-0.2, 0) is 0 Å². The lowest BCUT2D eigenvalue weighted by Gasteiger charge is -2.05. The number of halogens is 1. The van der Waals surface area contributed by atoms with Gasteiger partial charge in [-0.05, 0) is 48.9 Å².